The Balaban J connectivity index is 1.89. The molecular formula is C30H44IN. The summed E-state index contributed by atoms with van der Waals surface area (Å²) in [6.45, 7) is 6.97. The molecule has 0 saturated carbocycles. The Kier molecular flexibility index (Phi) is 14.5. The van der Waals surface area contributed by atoms with Crippen LogP contribution in [0.25, 0.3) is 12.2 Å². The van der Waals surface area contributed by atoms with E-state index in [-0.39, 0.29) is 0 Å². The fraction of sp³-hybridized carbons (Fsp3) is 0.533. The minimum absolute atomic E-state index is 1.19. The van der Waals surface area contributed by atoms with Gasteiger partial charge in [-0.2, -0.15) is 0 Å². The van der Waals surface area contributed by atoms with E-state index in [4.69, 9.17) is 0 Å². The van der Waals surface area contributed by atoms with E-state index in [1.165, 1.54) is 111 Å². The van der Waals surface area contributed by atoms with Crippen LogP contribution in [0.3, 0.4) is 0 Å². The molecule has 0 aliphatic heterocycles. The number of nitrogens with zero attached hydrogens (tertiary/aromatic N) is 1. The fourth-order valence-corrected chi connectivity index (χ4v) is 4.46. The zero-order chi connectivity index (χ0) is 22.9. The Morgan fingerprint density at radius 3 is 1.44 bits per heavy atom. The lowest BCUT2D eigenvalue weighted by molar-refractivity contribution is 0.575. The van der Waals surface area contributed by atoms with Gasteiger partial charge in [-0.15, -0.1) is 0 Å². The van der Waals surface area contributed by atoms with Gasteiger partial charge in [0, 0.05) is 22.3 Å². The van der Waals surface area contributed by atoms with Gasteiger partial charge in [-0.1, -0.05) is 114 Å². The van der Waals surface area contributed by atoms with Crippen molar-refractivity contribution in [1.29, 1.82) is 0 Å². The molecule has 32 heavy (non-hydrogen) atoms. The predicted octanol–water partition coefficient (Wildman–Crippen LogP) is 9.99. The molecule has 0 atom stereocenters. The van der Waals surface area contributed by atoms with E-state index < -0.39 is 0 Å². The van der Waals surface area contributed by atoms with Crippen molar-refractivity contribution in [1.82, 2.24) is 0 Å². The monoisotopic (exact) mass is 545 g/mol. The van der Waals surface area contributed by atoms with Crippen molar-refractivity contribution in [2.24, 2.45) is 0 Å². The van der Waals surface area contributed by atoms with Crippen LogP contribution in [0.5, 0.6) is 0 Å². The molecular weight excluding hydrogens is 501 g/mol. The van der Waals surface area contributed by atoms with Crippen molar-refractivity contribution < 1.29 is 0 Å². The summed E-state index contributed by atoms with van der Waals surface area (Å²) >= 11 is 2.35. The topological polar surface area (TPSA) is 3.24 Å². The van der Waals surface area contributed by atoms with Gasteiger partial charge in [-0.05, 0) is 70.8 Å². The molecule has 2 heteroatoms. The van der Waals surface area contributed by atoms with Crippen LogP contribution in [-0.2, 0) is 0 Å². The first-order valence-electron chi connectivity index (χ1n) is 13.0. The molecule has 1 nitrogen and oxygen atoms in total. The molecule has 0 saturated heterocycles. The number of hydrogen-bond acceptors (Lipinski definition) is 1. The Morgan fingerprint density at radius 2 is 0.969 bits per heavy atom. The van der Waals surface area contributed by atoms with Crippen molar-refractivity contribution in [3.8, 4) is 0 Å². The SMILES string of the molecule is CCCCCCCCN(CCCCCCCC)c1ccc(/C=C/c2ccc(I)cc2)cc1. The molecule has 0 N–H and O–H groups in total. The van der Waals surface area contributed by atoms with Gasteiger partial charge in [-0.3, -0.25) is 0 Å². The maximum absolute atomic E-state index is 2.63. The van der Waals surface area contributed by atoms with Crippen LogP contribution in [0.1, 0.15) is 102 Å². The minimum atomic E-state index is 1.19. The van der Waals surface area contributed by atoms with E-state index in [0.29, 0.717) is 0 Å². The number of unbranched alkanes of at least 4 members (excludes halogenated alkanes) is 10. The second-order valence-electron chi connectivity index (χ2n) is 9.00. The van der Waals surface area contributed by atoms with Gasteiger partial charge in [0.25, 0.3) is 0 Å². The maximum Gasteiger partial charge on any atom is 0.0366 e. The highest BCUT2D eigenvalue weighted by molar-refractivity contribution is 14.1. The third kappa shape index (κ3) is 11.5. The van der Waals surface area contributed by atoms with Crippen molar-refractivity contribution >= 4 is 40.4 Å². The molecule has 2 rings (SSSR count). The fourth-order valence-electron chi connectivity index (χ4n) is 4.10. The molecule has 0 aliphatic carbocycles. The quantitative estimate of drug-likeness (QED) is 0.109. The zero-order valence-electron chi connectivity index (χ0n) is 20.5. The van der Waals surface area contributed by atoms with Gasteiger partial charge < -0.3 is 4.90 Å². The summed E-state index contributed by atoms with van der Waals surface area (Å²) in [5, 5.41) is 0. The molecule has 2 aromatic rings. The van der Waals surface area contributed by atoms with Gasteiger partial charge in [0.1, 0.15) is 0 Å². The van der Waals surface area contributed by atoms with E-state index in [0.717, 1.165) is 0 Å². The number of benzene rings is 2. The van der Waals surface area contributed by atoms with Crippen LogP contribution >= 0.6 is 22.6 Å². The number of rotatable bonds is 17. The molecule has 176 valence electrons. The summed E-state index contributed by atoms with van der Waals surface area (Å²) in [7, 11) is 0. The summed E-state index contributed by atoms with van der Waals surface area (Å²) in [6, 6.07) is 17.9. The van der Waals surface area contributed by atoms with Gasteiger partial charge in [0.05, 0.1) is 0 Å². The number of halogens is 1. The summed E-state index contributed by atoms with van der Waals surface area (Å²) in [5.41, 5.74) is 3.91. The summed E-state index contributed by atoms with van der Waals surface area (Å²) in [4.78, 5) is 2.63. The van der Waals surface area contributed by atoms with Crippen LogP contribution in [-0.4, -0.2) is 13.1 Å². The van der Waals surface area contributed by atoms with Crippen molar-refractivity contribution in [2.45, 2.75) is 90.9 Å². The second-order valence-corrected chi connectivity index (χ2v) is 10.2. The Morgan fingerprint density at radius 1 is 0.562 bits per heavy atom. The van der Waals surface area contributed by atoms with Gasteiger partial charge in [0.15, 0.2) is 0 Å². The molecule has 0 aliphatic rings. The van der Waals surface area contributed by atoms with Crippen LogP contribution in [0.4, 0.5) is 5.69 Å². The third-order valence-corrected chi connectivity index (χ3v) is 6.88. The van der Waals surface area contributed by atoms with Crippen LogP contribution < -0.4 is 4.90 Å². The Bertz CT molecular complexity index is 716. The zero-order valence-corrected chi connectivity index (χ0v) is 22.7. The van der Waals surface area contributed by atoms with Gasteiger partial charge >= 0.3 is 0 Å². The standard InChI is InChI=1S/C30H44IN/c1-3-5-7-9-11-13-25-32(26-14-12-10-8-6-4-2)30-23-19-28(20-24-30)16-15-27-17-21-29(31)22-18-27/h15-24H,3-14,25-26H2,1-2H3/b16-15+. The molecule has 2 aromatic carbocycles. The first-order valence-corrected chi connectivity index (χ1v) is 14.1. The van der Waals surface area contributed by atoms with Crippen molar-refractivity contribution in [3.05, 3.63) is 63.2 Å². The van der Waals surface area contributed by atoms with Crippen molar-refractivity contribution in [3.63, 3.8) is 0 Å². The largest absolute Gasteiger partial charge is 0.372 e. The highest BCUT2D eigenvalue weighted by Crippen LogP contribution is 2.20. The van der Waals surface area contributed by atoms with E-state index in [1.807, 2.05) is 0 Å². The highest BCUT2D eigenvalue weighted by Gasteiger charge is 2.06. The van der Waals surface area contributed by atoms with Crippen molar-refractivity contribution in [2.75, 3.05) is 18.0 Å². The normalized spacial score (nSPS) is 11.3. The van der Waals surface area contributed by atoms with Gasteiger partial charge in [0.2, 0.25) is 0 Å². The van der Waals surface area contributed by atoms with E-state index in [9.17, 15) is 0 Å². The van der Waals surface area contributed by atoms with Crippen LogP contribution in [0.15, 0.2) is 48.5 Å². The lowest BCUT2D eigenvalue weighted by atomic mass is 10.1. The highest BCUT2D eigenvalue weighted by atomic mass is 127. The predicted molar refractivity (Wildman–Crippen MR) is 153 cm³/mol. The average molecular weight is 546 g/mol. The molecule has 0 radical (unpaired) electrons. The second kappa shape index (κ2) is 17.2. The first-order chi connectivity index (χ1) is 15.7. The number of anilines is 1. The Hall–Kier alpha value is -1.29. The molecule has 0 spiro atoms. The minimum Gasteiger partial charge on any atom is -0.372 e. The Labute approximate surface area is 211 Å². The molecule has 0 heterocycles. The lowest BCUT2D eigenvalue weighted by Gasteiger charge is -2.25. The molecule has 0 aromatic heterocycles. The van der Waals surface area contributed by atoms with E-state index in [2.05, 4.69) is 102 Å². The maximum atomic E-state index is 2.63. The van der Waals surface area contributed by atoms with E-state index >= 15 is 0 Å². The summed E-state index contributed by atoms with van der Waals surface area (Å²) in [6.07, 6.45) is 20.8. The van der Waals surface area contributed by atoms with Crippen LogP contribution in [0.2, 0.25) is 0 Å². The molecule has 0 amide bonds. The molecule has 0 unspecified atom stereocenters. The summed E-state index contributed by atoms with van der Waals surface area (Å²) < 4.78 is 1.28. The summed E-state index contributed by atoms with van der Waals surface area (Å²) in [5.74, 6) is 0. The van der Waals surface area contributed by atoms with E-state index in [1.54, 1.807) is 0 Å². The first kappa shape index (κ1) is 27.0. The van der Waals surface area contributed by atoms with Crippen LogP contribution in [0, 0.1) is 3.57 Å². The smallest absolute Gasteiger partial charge is 0.0366 e. The number of hydrogen-bond donors (Lipinski definition) is 0. The average Bonchev–Trinajstić information content (AvgIpc) is 2.82. The van der Waals surface area contributed by atoms with Gasteiger partial charge in [-0.25, -0.2) is 0 Å². The lowest BCUT2D eigenvalue weighted by Crippen LogP contribution is -2.25. The molecule has 0 fully saturated rings. The molecule has 0 bridgehead atoms. The third-order valence-electron chi connectivity index (χ3n) is 6.16.